The number of urea groups is 1. The molecule has 1 heterocycles. The van der Waals surface area contributed by atoms with Gasteiger partial charge in [-0.05, 0) is 50.1 Å². The lowest BCUT2D eigenvalue weighted by Crippen LogP contribution is -2.28. The second kappa shape index (κ2) is 13.0. The molecule has 1 aromatic heterocycles. The number of nitrogens with one attached hydrogen (secondary N) is 4. The van der Waals surface area contributed by atoms with Crippen molar-refractivity contribution in [3.8, 4) is 0 Å². The van der Waals surface area contributed by atoms with Gasteiger partial charge in [0.25, 0.3) is 5.91 Å². The molecule has 2 aromatic carbocycles. The number of aryl methyl sites for hydroxylation is 1. The number of anilines is 4. The molecule has 3 amide bonds. The standard InChI is InChI=1S/C26H27F2N5O4/c1-3-29-26(36)33-23-14-22(31-18-10-11-20(27)21(28)13-18)19(15-30-23)25(35)32-17-8-5-16(6-9-17)7-12-24(34)37-4-2/h5-6,8-11,13-15H,3-4,7,12H2,1-2H3,(H,32,35)(H3,29,30,31,33,36). The van der Waals surface area contributed by atoms with Crippen LogP contribution in [0.15, 0.2) is 54.7 Å². The van der Waals surface area contributed by atoms with Crippen LogP contribution in [0.4, 0.5) is 36.5 Å². The summed E-state index contributed by atoms with van der Waals surface area (Å²) in [7, 11) is 0. The molecule has 0 atom stereocenters. The summed E-state index contributed by atoms with van der Waals surface area (Å²) in [6.07, 6.45) is 2.01. The third kappa shape index (κ3) is 7.99. The van der Waals surface area contributed by atoms with Crippen LogP contribution in [0, 0.1) is 11.6 Å². The zero-order valence-corrected chi connectivity index (χ0v) is 20.4. The minimum Gasteiger partial charge on any atom is -0.466 e. The summed E-state index contributed by atoms with van der Waals surface area (Å²) in [6.45, 7) is 4.23. The molecule has 3 aromatic rings. The first-order chi connectivity index (χ1) is 17.8. The van der Waals surface area contributed by atoms with E-state index < -0.39 is 23.6 Å². The van der Waals surface area contributed by atoms with E-state index in [0.717, 1.165) is 17.7 Å². The van der Waals surface area contributed by atoms with Crippen LogP contribution < -0.4 is 21.3 Å². The van der Waals surface area contributed by atoms with Crippen molar-refractivity contribution in [1.82, 2.24) is 10.3 Å². The lowest BCUT2D eigenvalue weighted by Gasteiger charge is -2.14. The fourth-order valence-electron chi connectivity index (χ4n) is 3.29. The van der Waals surface area contributed by atoms with E-state index in [1.54, 1.807) is 38.1 Å². The highest BCUT2D eigenvalue weighted by molar-refractivity contribution is 6.08. The van der Waals surface area contributed by atoms with Gasteiger partial charge in [-0.25, -0.2) is 18.6 Å². The summed E-state index contributed by atoms with van der Waals surface area (Å²) in [5, 5.41) is 10.7. The maximum Gasteiger partial charge on any atom is 0.320 e. The average Bonchev–Trinajstić information content (AvgIpc) is 2.86. The Hall–Kier alpha value is -4.54. The summed E-state index contributed by atoms with van der Waals surface area (Å²) in [4.78, 5) is 40.6. The van der Waals surface area contributed by atoms with Gasteiger partial charge in [-0.1, -0.05) is 12.1 Å². The van der Waals surface area contributed by atoms with E-state index in [-0.39, 0.29) is 35.1 Å². The van der Waals surface area contributed by atoms with Crippen molar-refractivity contribution in [2.75, 3.05) is 29.1 Å². The van der Waals surface area contributed by atoms with Crippen molar-refractivity contribution in [2.45, 2.75) is 26.7 Å². The van der Waals surface area contributed by atoms with Gasteiger partial charge < -0.3 is 20.7 Å². The van der Waals surface area contributed by atoms with Crippen molar-refractivity contribution < 1.29 is 27.9 Å². The van der Waals surface area contributed by atoms with Gasteiger partial charge in [-0.2, -0.15) is 0 Å². The molecule has 3 rings (SSSR count). The first kappa shape index (κ1) is 27.1. The van der Waals surface area contributed by atoms with Crippen LogP contribution in [0.1, 0.15) is 36.2 Å². The Kier molecular flexibility index (Phi) is 9.48. The smallest absolute Gasteiger partial charge is 0.320 e. The lowest BCUT2D eigenvalue weighted by molar-refractivity contribution is -0.143. The summed E-state index contributed by atoms with van der Waals surface area (Å²) in [6, 6.07) is 11.1. The molecule has 0 aliphatic carbocycles. The van der Waals surface area contributed by atoms with Crippen molar-refractivity contribution in [3.05, 3.63) is 77.5 Å². The van der Waals surface area contributed by atoms with Gasteiger partial charge in [-0.3, -0.25) is 14.9 Å². The fourth-order valence-corrected chi connectivity index (χ4v) is 3.29. The molecular formula is C26H27F2N5O4. The summed E-state index contributed by atoms with van der Waals surface area (Å²) in [5.74, 6) is -2.74. The first-order valence-electron chi connectivity index (χ1n) is 11.6. The number of carbonyl (C=O) groups is 3. The normalized spacial score (nSPS) is 10.4. The number of nitrogens with zero attached hydrogens (tertiary/aromatic N) is 1. The predicted octanol–water partition coefficient (Wildman–Crippen LogP) is 4.99. The Morgan fingerprint density at radius 1 is 0.919 bits per heavy atom. The maximum absolute atomic E-state index is 13.7. The summed E-state index contributed by atoms with van der Waals surface area (Å²) < 4.78 is 32.0. The average molecular weight is 512 g/mol. The van der Waals surface area contributed by atoms with E-state index in [1.165, 1.54) is 18.3 Å². The van der Waals surface area contributed by atoms with Crippen LogP contribution in [0.5, 0.6) is 0 Å². The van der Waals surface area contributed by atoms with Crippen LogP contribution in [0.3, 0.4) is 0 Å². The Morgan fingerprint density at radius 3 is 2.32 bits per heavy atom. The van der Waals surface area contributed by atoms with E-state index in [4.69, 9.17) is 4.74 Å². The minimum absolute atomic E-state index is 0.0950. The molecule has 11 heteroatoms. The van der Waals surface area contributed by atoms with Crippen LogP contribution >= 0.6 is 0 Å². The van der Waals surface area contributed by atoms with Crippen molar-refractivity contribution in [2.24, 2.45) is 0 Å². The third-order valence-corrected chi connectivity index (χ3v) is 5.06. The van der Waals surface area contributed by atoms with E-state index in [1.807, 2.05) is 0 Å². The van der Waals surface area contributed by atoms with Crippen molar-refractivity contribution in [3.63, 3.8) is 0 Å². The molecule has 0 unspecified atom stereocenters. The fraction of sp³-hybridized carbons (Fsp3) is 0.231. The Labute approximate surface area is 212 Å². The lowest BCUT2D eigenvalue weighted by atomic mass is 10.1. The van der Waals surface area contributed by atoms with Crippen LogP contribution in [-0.2, 0) is 16.0 Å². The molecule has 4 N–H and O–H groups in total. The van der Waals surface area contributed by atoms with Gasteiger partial charge in [-0.15, -0.1) is 0 Å². The number of ether oxygens (including phenoxy) is 1. The molecule has 0 radical (unpaired) electrons. The van der Waals surface area contributed by atoms with Crippen LogP contribution in [0.25, 0.3) is 0 Å². The van der Waals surface area contributed by atoms with Crippen molar-refractivity contribution in [1.29, 1.82) is 0 Å². The molecule has 0 bridgehead atoms. The molecule has 37 heavy (non-hydrogen) atoms. The highest BCUT2D eigenvalue weighted by atomic mass is 19.2. The first-order valence-corrected chi connectivity index (χ1v) is 11.6. The number of hydrogen-bond acceptors (Lipinski definition) is 6. The molecule has 0 saturated carbocycles. The monoisotopic (exact) mass is 511 g/mol. The Balaban J connectivity index is 1.79. The number of rotatable bonds is 10. The topological polar surface area (TPSA) is 121 Å². The molecule has 9 nitrogen and oxygen atoms in total. The second-order valence-electron chi connectivity index (χ2n) is 7.81. The highest BCUT2D eigenvalue weighted by Gasteiger charge is 2.16. The maximum atomic E-state index is 13.7. The summed E-state index contributed by atoms with van der Waals surface area (Å²) >= 11 is 0. The van der Waals surface area contributed by atoms with Gasteiger partial charge in [0.05, 0.1) is 17.9 Å². The number of hydrogen-bond donors (Lipinski definition) is 4. The summed E-state index contributed by atoms with van der Waals surface area (Å²) in [5.41, 5.74) is 1.88. The van der Waals surface area contributed by atoms with Crippen LogP contribution in [-0.4, -0.2) is 36.0 Å². The number of carbonyl (C=O) groups excluding carboxylic acids is 3. The van der Waals surface area contributed by atoms with E-state index in [9.17, 15) is 23.2 Å². The molecule has 0 aliphatic rings. The number of amides is 3. The van der Waals surface area contributed by atoms with Gasteiger partial charge >= 0.3 is 12.0 Å². The van der Waals surface area contributed by atoms with E-state index >= 15 is 0 Å². The van der Waals surface area contributed by atoms with Gasteiger partial charge in [0.1, 0.15) is 5.82 Å². The van der Waals surface area contributed by atoms with Crippen molar-refractivity contribution >= 4 is 40.8 Å². The Bertz CT molecular complexity index is 1270. The zero-order valence-electron chi connectivity index (χ0n) is 20.4. The number of benzene rings is 2. The Morgan fingerprint density at radius 2 is 1.65 bits per heavy atom. The van der Waals surface area contributed by atoms with Crippen LogP contribution in [0.2, 0.25) is 0 Å². The van der Waals surface area contributed by atoms with Gasteiger partial charge in [0, 0.05) is 42.7 Å². The number of aromatic nitrogens is 1. The molecule has 0 aliphatic heterocycles. The highest BCUT2D eigenvalue weighted by Crippen LogP contribution is 2.25. The predicted molar refractivity (Wildman–Crippen MR) is 136 cm³/mol. The molecule has 0 fully saturated rings. The molecule has 194 valence electrons. The minimum atomic E-state index is -1.06. The quantitative estimate of drug-likeness (QED) is 0.285. The largest absolute Gasteiger partial charge is 0.466 e. The number of halogens is 2. The molecular weight excluding hydrogens is 484 g/mol. The third-order valence-electron chi connectivity index (χ3n) is 5.06. The number of pyridine rings is 1. The van der Waals surface area contributed by atoms with E-state index in [2.05, 4.69) is 26.3 Å². The van der Waals surface area contributed by atoms with E-state index in [0.29, 0.717) is 25.3 Å². The molecule has 0 saturated heterocycles. The van der Waals surface area contributed by atoms with Gasteiger partial charge in [0.15, 0.2) is 11.6 Å². The van der Waals surface area contributed by atoms with Gasteiger partial charge in [0.2, 0.25) is 0 Å². The number of esters is 1. The molecule has 0 spiro atoms. The second-order valence-corrected chi connectivity index (χ2v) is 7.81. The zero-order chi connectivity index (χ0) is 26.8. The SMILES string of the molecule is CCNC(=O)Nc1cc(Nc2ccc(F)c(F)c2)c(C(=O)Nc2ccc(CCC(=O)OCC)cc2)cn1.